The summed E-state index contributed by atoms with van der Waals surface area (Å²) in [6.07, 6.45) is 8.95. The van der Waals surface area contributed by atoms with Gasteiger partial charge in [0, 0.05) is 18.6 Å². The van der Waals surface area contributed by atoms with Crippen LogP contribution in [0.25, 0.3) is 0 Å². The fourth-order valence-electron chi connectivity index (χ4n) is 4.22. The van der Waals surface area contributed by atoms with Crippen LogP contribution in [-0.2, 0) is 0 Å². The SMILES string of the molecule is OC1CC2CCC(C1)N2CC1CCCCC1O. The summed E-state index contributed by atoms with van der Waals surface area (Å²) in [5.74, 6) is 0.488. The fourth-order valence-corrected chi connectivity index (χ4v) is 4.22. The minimum atomic E-state index is -0.0741. The molecule has 0 amide bonds. The molecule has 2 N–H and O–H groups in total. The quantitative estimate of drug-likeness (QED) is 0.768. The molecular weight excluding hydrogens is 214 g/mol. The lowest BCUT2D eigenvalue weighted by molar-refractivity contribution is -0.00477. The van der Waals surface area contributed by atoms with Gasteiger partial charge in [-0.2, -0.15) is 0 Å². The number of aliphatic hydroxyl groups is 2. The molecule has 2 aliphatic heterocycles. The maximum Gasteiger partial charge on any atom is 0.0580 e. The van der Waals surface area contributed by atoms with E-state index < -0.39 is 0 Å². The second-order valence-electron chi connectivity index (χ2n) is 6.32. The average Bonchev–Trinajstić information content (AvgIpc) is 2.56. The number of hydrogen-bond donors (Lipinski definition) is 2. The van der Waals surface area contributed by atoms with Crippen LogP contribution in [0, 0.1) is 5.92 Å². The van der Waals surface area contributed by atoms with Crippen LogP contribution in [0.4, 0.5) is 0 Å². The van der Waals surface area contributed by atoms with E-state index in [1.54, 1.807) is 0 Å². The van der Waals surface area contributed by atoms with Gasteiger partial charge in [-0.05, 0) is 44.4 Å². The van der Waals surface area contributed by atoms with Crippen molar-refractivity contribution < 1.29 is 10.2 Å². The Hall–Kier alpha value is -0.120. The molecule has 3 nitrogen and oxygen atoms in total. The zero-order chi connectivity index (χ0) is 11.8. The van der Waals surface area contributed by atoms with Crippen LogP contribution in [0.15, 0.2) is 0 Å². The zero-order valence-corrected chi connectivity index (χ0v) is 10.6. The highest BCUT2D eigenvalue weighted by atomic mass is 16.3. The van der Waals surface area contributed by atoms with E-state index in [4.69, 9.17) is 0 Å². The molecule has 0 radical (unpaired) electrons. The van der Waals surface area contributed by atoms with E-state index in [0.29, 0.717) is 18.0 Å². The molecule has 3 rings (SSSR count). The third-order valence-corrected chi connectivity index (χ3v) is 5.17. The normalized spacial score (nSPS) is 47.3. The Kier molecular flexibility index (Phi) is 3.42. The van der Waals surface area contributed by atoms with Crippen molar-refractivity contribution in [3.8, 4) is 0 Å². The van der Waals surface area contributed by atoms with Crippen molar-refractivity contribution in [2.24, 2.45) is 5.92 Å². The molecule has 3 heteroatoms. The first-order valence-electron chi connectivity index (χ1n) is 7.36. The van der Waals surface area contributed by atoms with Gasteiger partial charge in [0.1, 0.15) is 0 Å². The van der Waals surface area contributed by atoms with E-state index >= 15 is 0 Å². The summed E-state index contributed by atoms with van der Waals surface area (Å²) in [4.78, 5) is 2.60. The highest BCUT2D eigenvalue weighted by molar-refractivity contribution is 4.96. The van der Waals surface area contributed by atoms with E-state index in [1.807, 2.05) is 0 Å². The van der Waals surface area contributed by atoms with E-state index in [9.17, 15) is 10.2 Å². The van der Waals surface area contributed by atoms with Gasteiger partial charge in [0.05, 0.1) is 12.2 Å². The van der Waals surface area contributed by atoms with E-state index in [1.165, 1.54) is 32.1 Å². The van der Waals surface area contributed by atoms with Crippen LogP contribution in [0.5, 0.6) is 0 Å². The maximum absolute atomic E-state index is 10.1. The summed E-state index contributed by atoms with van der Waals surface area (Å²) in [5, 5.41) is 19.9. The molecule has 98 valence electrons. The second-order valence-corrected chi connectivity index (χ2v) is 6.32. The van der Waals surface area contributed by atoms with Crippen molar-refractivity contribution in [3.63, 3.8) is 0 Å². The Labute approximate surface area is 104 Å². The predicted molar refractivity (Wildman–Crippen MR) is 66.7 cm³/mol. The third-order valence-electron chi connectivity index (χ3n) is 5.17. The van der Waals surface area contributed by atoms with Crippen LogP contribution in [0.1, 0.15) is 51.4 Å². The van der Waals surface area contributed by atoms with Gasteiger partial charge in [-0.3, -0.25) is 4.90 Å². The number of piperidine rings is 1. The van der Waals surface area contributed by atoms with Crippen LogP contribution < -0.4 is 0 Å². The Bertz CT molecular complexity index is 257. The first-order chi connectivity index (χ1) is 8.24. The standard InChI is InChI=1S/C14H25NO2/c16-13-7-11-5-6-12(8-13)15(11)9-10-3-1-2-4-14(10)17/h10-14,16-17H,1-9H2. The molecule has 0 aromatic carbocycles. The molecule has 2 saturated heterocycles. The first-order valence-corrected chi connectivity index (χ1v) is 7.36. The summed E-state index contributed by atoms with van der Waals surface area (Å²) >= 11 is 0. The molecule has 4 unspecified atom stereocenters. The largest absolute Gasteiger partial charge is 0.393 e. The first kappa shape index (κ1) is 11.9. The minimum Gasteiger partial charge on any atom is -0.393 e. The smallest absolute Gasteiger partial charge is 0.0580 e. The summed E-state index contributed by atoms with van der Waals surface area (Å²) in [5.41, 5.74) is 0. The van der Waals surface area contributed by atoms with Crippen molar-refractivity contribution >= 4 is 0 Å². The van der Waals surface area contributed by atoms with Crippen molar-refractivity contribution in [2.45, 2.75) is 75.7 Å². The molecule has 0 spiro atoms. The molecule has 0 aromatic heterocycles. The summed E-state index contributed by atoms with van der Waals surface area (Å²) < 4.78 is 0. The van der Waals surface area contributed by atoms with Crippen LogP contribution in [0.3, 0.4) is 0 Å². The lowest BCUT2D eigenvalue weighted by atomic mass is 9.85. The predicted octanol–water partition coefficient (Wildman–Crippen LogP) is 1.53. The van der Waals surface area contributed by atoms with Gasteiger partial charge in [-0.15, -0.1) is 0 Å². The van der Waals surface area contributed by atoms with Crippen molar-refractivity contribution in [3.05, 3.63) is 0 Å². The lowest BCUT2D eigenvalue weighted by Gasteiger charge is -2.41. The van der Waals surface area contributed by atoms with Gasteiger partial charge >= 0.3 is 0 Å². The molecule has 17 heavy (non-hydrogen) atoms. The van der Waals surface area contributed by atoms with Gasteiger partial charge < -0.3 is 10.2 Å². The van der Waals surface area contributed by atoms with Gasteiger partial charge in [0.25, 0.3) is 0 Å². The molecule has 0 aromatic rings. The lowest BCUT2D eigenvalue weighted by Crippen LogP contribution is -2.48. The number of aliphatic hydroxyl groups excluding tert-OH is 2. The Morgan fingerprint density at radius 1 is 0.882 bits per heavy atom. The summed E-state index contributed by atoms with van der Waals surface area (Å²) in [7, 11) is 0. The van der Waals surface area contributed by atoms with Crippen LogP contribution in [-0.4, -0.2) is 45.9 Å². The average molecular weight is 239 g/mol. The van der Waals surface area contributed by atoms with Crippen molar-refractivity contribution in [1.82, 2.24) is 4.90 Å². The third kappa shape index (κ3) is 2.38. The molecule has 4 atom stereocenters. The highest BCUT2D eigenvalue weighted by Crippen LogP contribution is 2.37. The second kappa shape index (κ2) is 4.87. The number of rotatable bonds is 2. The molecule has 3 fully saturated rings. The maximum atomic E-state index is 10.1. The molecule has 2 bridgehead atoms. The van der Waals surface area contributed by atoms with E-state index in [2.05, 4.69) is 4.90 Å². The molecule has 1 aliphatic carbocycles. The van der Waals surface area contributed by atoms with E-state index in [0.717, 1.165) is 25.8 Å². The summed E-state index contributed by atoms with van der Waals surface area (Å²) in [6.45, 7) is 1.07. The number of hydrogen-bond acceptors (Lipinski definition) is 3. The number of nitrogens with zero attached hydrogens (tertiary/aromatic N) is 1. The van der Waals surface area contributed by atoms with Gasteiger partial charge in [0.15, 0.2) is 0 Å². The number of fused-ring (bicyclic) bond motifs is 2. The Morgan fingerprint density at radius 3 is 2.18 bits per heavy atom. The van der Waals surface area contributed by atoms with Gasteiger partial charge in [-0.25, -0.2) is 0 Å². The topological polar surface area (TPSA) is 43.7 Å². The molecular formula is C14H25NO2. The Morgan fingerprint density at radius 2 is 1.53 bits per heavy atom. The van der Waals surface area contributed by atoms with Crippen molar-refractivity contribution in [1.29, 1.82) is 0 Å². The van der Waals surface area contributed by atoms with Crippen LogP contribution >= 0.6 is 0 Å². The highest BCUT2D eigenvalue weighted by Gasteiger charge is 2.41. The van der Waals surface area contributed by atoms with Crippen molar-refractivity contribution in [2.75, 3.05) is 6.54 Å². The van der Waals surface area contributed by atoms with Crippen LogP contribution in [0.2, 0.25) is 0 Å². The molecule has 1 saturated carbocycles. The minimum absolute atomic E-state index is 0.0694. The molecule has 2 heterocycles. The van der Waals surface area contributed by atoms with Gasteiger partial charge in [0.2, 0.25) is 0 Å². The zero-order valence-electron chi connectivity index (χ0n) is 10.6. The Balaban J connectivity index is 1.61. The van der Waals surface area contributed by atoms with Gasteiger partial charge in [-0.1, -0.05) is 12.8 Å². The molecule has 3 aliphatic rings. The van der Waals surface area contributed by atoms with E-state index in [-0.39, 0.29) is 12.2 Å². The summed E-state index contributed by atoms with van der Waals surface area (Å²) in [6, 6.07) is 1.19. The monoisotopic (exact) mass is 239 g/mol. The fraction of sp³-hybridized carbons (Fsp3) is 1.00.